The van der Waals surface area contributed by atoms with Crippen molar-refractivity contribution in [2.75, 3.05) is 25.0 Å². The Balaban J connectivity index is 1.46. The summed E-state index contributed by atoms with van der Waals surface area (Å²) in [5.74, 6) is -0.219. The fourth-order valence-electron chi connectivity index (χ4n) is 3.36. The quantitative estimate of drug-likeness (QED) is 0.772. The van der Waals surface area contributed by atoms with Gasteiger partial charge in [0.1, 0.15) is 11.3 Å². The van der Waals surface area contributed by atoms with Gasteiger partial charge in [0, 0.05) is 18.4 Å². The van der Waals surface area contributed by atoms with Crippen LogP contribution in [0.15, 0.2) is 53.3 Å². The average molecular weight is 335 g/mol. The van der Waals surface area contributed by atoms with Crippen LogP contribution in [0.1, 0.15) is 28.9 Å². The number of likely N-dealkylation sites (tertiary alicyclic amines) is 1. The molecule has 25 heavy (non-hydrogen) atoms. The highest BCUT2D eigenvalue weighted by molar-refractivity contribution is 6.10. The molecule has 0 saturated carbocycles. The first-order valence-corrected chi connectivity index (χ1v) is 8.74. The molecule has 1 N–H and O–H groups in total. The van der Waals surface area contributed by atoms with E-state index in [9.17, 15) is 4.79 Å². The van der Waals surface area contributed by atoms with Crippen molar-refractivity contribution in [1.82, 2.24) is 9.88 Å². The predicted octanol–water partition coefficient (Wildman–Crippen LogP) is 3.72. The average Bonchev–Trinajstić information content (AvgIpc) is 3.31. The number of nitrogens with one attached hydrogen (secondary N) is 1. The summed E-state index contributed by atoms with van der Waals surface area (Å²) in [4.78, 5) is 19.3. The molecule has 1 amide bonds. The van der Waals surface area contributed by atoms with Crippen LogP contribution in [0.5, 0.6) is 0 Å². The number of amides is 1. The van der Waals surface area contributed by atoms with Crippen LogP contribution in [-0.4, -0.2) is 35.4 Å². The molecule has 4 rings (SSSR count). The topological polar surface area (TPSA) is 58.4 Å². The smallest absolute Gasteiger partial charge is 0.275 e. The third-order valence-corrected chi connectivity index (χ3v) is 4.70. The largest absolute Gasteiger partial charge is 0.464 e. The maximum Gasteiger partial charge on any atom is 0.275 e. The van der Waals surface area contributed by atoms with E-state index in [0.717, 1.165) is 24.0 Å². The van der Waals surface area contributed by atoms with E-state index in [1.54, 1.807) is 24.6 Å². The number of furan rings is 1. The van der Waals surface area contributed by atoms with Crippen LogP contribution in [0.2, 0.25) is 0 Å². The van der Waals surface area contributed by atoms with Crippen molar-refractivity contribution in [3.05, 3.63) is 60.1 Å². The second-order valence-electron chi connectivity index (χ2n) is 6.45. The minimum Gasteiger partial charge on any atom is -0.464 e. The van der Waals surface area contributed by atoms with Crippen molar-refractivity contribution in [1.29, 1.82) is 0 Å². The number of carbonyl (C=O) groups excluding carboxylic acids is 1. The van der Waals surface area contributed by atoms with Gasteiger partial charge in [0.25, 0.3) is 5.91 Å². The zero-order valence-corrected chi connectivity index (χ0v) is 14.1. The van der Waals surface area contributed by atoms with Crippen LogP contribution < -0.4 is 5.32 Å². The Morgan fingerprint density at radius 3 is 2.96 bits per heavy atom. The van der Waals surface area contributed by atoms with E-state index in [-0.39, 0.29) is 5.91 Å². The normalized spacial score (nSPS) is 14.9. The highest BCUT2D eigenvalue weighted by Gasteiger charge is 2.14. The van der Waals surface area contributed by atoms with Gasteiger partial charge in [-0.05, 0) is 62.2 Å². The predicted molar refractivity (Wildman–Crippen MR) is 97.8 cm³/mol. The number of carbonyl (C=O) groups is 1. The molecule has 2 aromatic heterocycles. The number of rotatable bonds is 5. The minimum absolute atomic E-state index is 0.219. The molecule has 0 bridgehead atoms. The van der Waals surface area contributed by atoms with E-state index in [2.05, 4.69) is 21.3 Å². The minimum atomic E-state index is -0.219. The number of anilines is 1. The fourth-order valence-corrected chi connectivity index (χ4v) is 3.36. The Bertz CT molecular complexity index is 881. The number of pyridine rings is 1. The molecular weight excluding hydrogens is 314 g/mol. The van der Waals surface area contributed by atoms with Crippen molar-refractivity contribution in [3.8, 4) is 0 Å². The van der Waals surface area contributed by atoms with Gasteiger partial charge in [0.05, 0.1) is 11.6 Å². The lowest BCUT2D eigenvalue weighted by atomic mass is 10.1. The summed E-state index contributed by atoms with van der Waals surface area (Å²) < 4.78 is 5.33. The first-order chi connectivity index (χ1) is 12.3. The van der Waals surface area contributed by atoms with Gasteiger partial charge in [0.2, 0.25) is 0 Å². The van der Waals surface area contributed by atoms with Gasteiger partial charge in [-0.25, -0.2) is 0 Å². The molecule has 0 atom stereocenters. The Hall–Kier alpha value is -2.66. The summed E-state index contributed by atoms with van der Waals surface area (Å²) in [5.41, 5.74) is 3.08. The molecule has 1 aliphatic heterocycles. The van der Waals surface area contributed by atoms with E-state index in [1.807, 2.05) is 18.2 Å². The van der Waals surface area contributed by atoms with E-state index in [4.69, 9.17) is 4.42 Å². The summed E-state index contributed by atoms with van der Waals surface area (Å²) in [6, 6.07) is 11.6. The first kappa shape index (κ1) is 15.8. The van der Waals surface area contributed by atoms with Crippen LogP contribution in [0.4, 0.5) is 5.69 Å². The second-order valence-corrected chi connectivity index (χ2v) is 6.45. The third-order valence-electron chi connectivity index (χ3n) is 4.70. The van der Waals surface area contributed by atoms with Crippen LogP contribution in [0, 0.1) is 0 Å². The van der Waals surface area contributed by atoms with Crippen molar-refractivity contribution in [3.63, 3.8) is 0 Å². The molecule has 5 heteroatoms. The van der Waals surface area contributed by atoms with Gasteiger partial charge in [-0.1, -0.05) is 12.1 Å². The lowest BCUT2D eigenvalue weighted by Gasteiger charge is -2.14. The first-order valence-electron chi connectivity index (χ1n) is 8.74. The van der Waals surface area contributed by atoms with Crippen molar-refractivity contribution in [2.24, 2.45) is 0 Å². The van der Waals surface area contributed by atoms with Crippen LogP contribution in [0.25, 0.3) is 11.0 Å². The van der Waals surface area contributed by atoms with Crippen LogP contribution in [0.3, 0.4) is 0 Å². The number of benzene rings is 1. The molecule has 3 aromatic rings. The molecule has 1 aliphatic rings. The number of nitrogens with zero attached hydrogens (tertiary/aromatic N) is 2. The number of hydrogen-bond acceptors (Lipinski definition) is 4. The maximum atomic E-state index is 12.6. The summed E-state index contributed by atoms with van der Waals surface area (Å²) in [6.45, 7) is 3.49. The zero-order chi connectivity index (χ0) is 17.1. The van der Waals surface area contributed by atoms with Gasteiger partial charge in [-0.15, -0.1) is 0 Å². The molecule has 3 heterocycles. The van der Waals surface area contributed by atoms with Crippen molar-refractivity contribution in [2.45, 2.75) is 19.3 Å². The van der Waals surface area contributed by atoms with E-state index in [1.165, 1.54) is 31.5 Å². The number of fused-ring (bicyclic) bond motifs is 1. The lowest BCUT2D eigenvalue weighted by molar-refractivity contribution is 0.102. The molecule has 128 valence electrons. The second kappa shape index (κ2) is 7.07. The van der Waals surface area contributed by atoms with Gasteiger partial charge >= 0.3 is 0 Å². The summed E-state index contributed by atoms with van der Waals surface area (Å²) >= 11 is 0. The van der Waals surface area contributed by atoms with Crippen LogP contribution in [-0.2, 0) is 6.42 Å². The molecule has 1 fully saturated rings. The molecule has 0 spiro atoms. The molecule has 0 unspecified atom stereocenters. The Labute approximate surface area is 146 Å². The molecular formula is C20H21N3O2. The van der Waals surface area contributed by atoms with Crippen molar-refractivity contribution < 1.29 is 9.21 Å². The van der Waals surface area contributed by atoms with Gasteiger partial charge < -0.3 is 14.6 Å². The highest BCUT2D eigenvalue weighted by Crippen LogP contribution is 2.20. The maximum absolute atomic E-state index is 12.6. The Kier molecular flexibility index (Phi) is 4.48. The van der Waals surface area contributed by atoms with Gasteiger partial charge in [-0.3, -0.25) is 9.78 Å². The van der Waals surface area contributed by atoms with E-state index in [0.29, 0.717) is 11.3 Å². The number of hydrogen-bond donors (Lipinski definition) is 1. The van der Waals surface area contributed by atoms with Gasteiger partial charge in [0.15, 0.2) is 0 Å². The lowest BCUT2D eigenvalue weighted by Crippen LogP contribution is -2.22. The van der Waals surface area contributed by atoms with Crippen LogP contribution >= 0.6 is 0 Å². The molecule has 0 aliphatic carbocycles. The number of aromatic nitrogens is 1. The Morgan fingerprint density at radius 1 is 1.20 bits per heavy atom. The van der Waals surface area contributed by atoms with E-state index >= 15 is 0 Å². The van der Waals surface area contributed by atoms with E-state index < -0.39 is 0 Å². The standard InChI is InChI=1S/C20H21N3O2/c24-20(19-17-8-13-25-18(17)6-9-21-19)22-16-5-3-4-15(14-16)7-12-23-10-1-2-11-23/h3-6,8-9,13-14H,1-2,7,10-12H2,(H,22,24). The SMILES string of the molecule is O=C(Nc1cccc(CCN2CCCC2)c1)c1nccc2occc12. The fraction of sp³-hybridized carbons (Fsp3) is 0.300. The summed E-state index contributed by atoms with van der Waals surface area (Å²) in [6.07, 6.45) is 6.78. The van der Waals surface area contributed by atoms with Crippen molar-refractivity contribution >= 4 is 22.6 Å². The molecule has 1 saturated heterocycles. The highest BCUT2D eigenvalue weighted by atomic mass is 16.3. The monoisotopic (exact) mass is 335 g/mol. The Morgan fingerprint density at radius 2 is 2.08 bits per heavy atom. The zero-order valence-electron chi connectivity index (χ0n) is 14.1. The summed E-state index contributed by atoms with van der Waals surface area (Å²) in [5, 5.41) is 3.68. The molecule has 1 aromatic carbocycles. The molecule has 0 radical (unpaired) electrons. The van der Waals surface area contributed by atoms with Gasteiger partial charge in [-0.2, -0.15) is 0 Å². The third kappa shape index (κ3) is 3.56. The molecule has 5 nitrogen and oxygen atoms in total. The summed E-state index contributed by atoms with van der Waals surface area (Å²) in [7, 11) is 0.